The summed E-state index contributed by atoms with van der Waals surface area (Å²) in [6, 6.07) is 4.31. The molecule has 1 fully saturated rings. The second-order valence-electron chi connectivity index (χ2n) is 6.09. The highest BCUT2D eigenvalue weighted by Gasteiger charge is 2.27. The number of likely N-dealkylation sites (N-methyl/N-ethyl adjacent to an activating group) is 1. The Labute approximate surface area is 120 Å². The van der Waals surface area contributed by atoms with Gasteiger partial charge in [-0.05, 0) is 49.8 Å². The van der Waals surface area contributed by atoms with Crippen molar-refractivity contribution in [2.45, 2.75) is 52.0 Å². The van der Waals surface area contributed by atoms with Crippen molar-refractivity contribution in [3.8, 4) is 0 Å². The SMILES string of the molecule is CCNC(Cc1c(F)cccc1F)C1CCC(C)CC1. The molecule has 20 heavy (non-hydrogen) atoms. The molecule has 1 N–H and O–H groups in total. The van der Waals surface area contributed by atoms with Crippen LogP contribution < -0.4 is 5.32 Å². The first-order chi connectivity index (χ1) is 9.61. The van der Waals surface area contributed by atoms with Crippen LogP contribution in [0, 0.1) is 23.5 Å². The van der Waals surface area contributed by atoms with E-state index in [1.165, 1.54) is 31.0 Å². The molecular weight excluding hydrogens is 256 g/mol. The minimum Gasteiger partial charge on any atom is -0.314 e. The fourth-order valence-electron chi connectivity index (χ4n) is 3.30. The summed E-state index contributed by atoms with van der Waals surface area (Å²) in [5.74, 6) is 0.484. The molecule has 0 spiro atoms. The van der Waals surface area contributed by atoms with Crippen LogP contribution in [0.25, 0.3) is 0 Å². The van der Waals surface area contributed by atoms with Gasteiger partial charge < -0.3 is 5.32 Å². The van der Waals surface area contributed by atoms with Crippen LogP contribution in [0.5, 0.6) is 0 Å². The molecule has 1 nitrogen and oxygen atoms in total. The highest BCUT2D eigenvalue weighted by atomic mass is 19.1. The molecule has 3 heteroatoms. The summed E-state index contributed by atoms with van der Waals surface area (Å²) in [6.45, 7) is 5.18. The Balaban J connectivity index is 2.09. The molecule has 1 atom stereocenters. The molecule has 1 aliphatic carbocycles. The molecule has 0 aromatic heterocycles. The van der Waals surface area contributed by atoms with Crippen LogP contribution in [0.3, 0.4) is 0 Å². The third-order valence-electron chi connectivity index (χ3n) is 4.58. The van der Waals surface area contributed by atoms with Crippen molar-refractivity contribution in [1.29, 1.82) is 0 Å². The Hall–Kier alpha value is -0.960. The second kappa shape index (κ2) is 7.16. The van der Waals surface area contributed by atoms with Crippen molar-refractivity contribution >= 4 is 0 Å². The first-order valence-corrected chi connectivity index (χ1v) is 7.78. The third kappa shape index (κ3) is 3.78. The molecule has 1 aromatic carbocycles. The van der Waals surface area contributed by atoms with E-state index < -0.39 is 11.6 Å². The number of hydrogen-bond donors (Lipinski definition) is 1. The maximum absolute atomic E-state index is 13.8. The number of halogens is 2. The summed E-state index contributed by atoms with van der Waals surface area (Å²) in [5, 5.41) is 3.44. The molecule has 1 saturated carbocycles. The molecular formula is C17H25F2N. The van der Waals surface area contributed by atoms with Crippen LogP contribution in [0.1, 0.15) is 45.1 Å². The largest absolute Gasteiger partial charge is 0.314 e. The van der Waals surface area contributed by atoms with E-state index in [1.54, 1.807) is 0 Å². The molecule has 0 bridgehead atoms. The predicted molar refractivity (Wildman–Crippen MR) is 78.6 cm³/mol. The molecule has 0 heterocycles. The van der Waals surface area contributed by atoms with E-state index in [9.17, 15) is 8.78 Å². The standard InChI is InChI=1S/C17H25F2N/c1-3-20-17(13-9-7-12(2)8-10-13)11-14-15(18)5-4-6-16(14)19/h4-6,12-13,17,20H,3,7-11H2,1-2H3. The van der Waals surface area contributed by atoms with Gasteiger partial charge in [0.2, 0.25) is 0 Å². The summed E-state index contributed by atoms with van der Waals surface area (Å²) < 4.78 is 27.6. The molecule has 0 saturated heterocycles. The van der Waals surface area contributed by atoms with Crippen molar-refractivity contribution in [2.24, 2.45) is 11.8 Å². The summed E-state index contributed by atoms with van der Waals surface area (Å²) >= 11 is 0. The highest BCUT2D eigenvalue weighted by molar-refractivity contribution is 5.21. The predicted octanol–water partition coefficient (Wildman–Crippen LogP) is 4.31. The zero-order valence-corrected chi connectivity index (χ0v) is 12.5. The first kappa shape index (κ1) is 15.4. The zero-order valence-electron chi connectivity index (χ0n) is 12.5. The monoisotopic (exact) mass is 281 g/mol. The molecule has 1 aromatic rings. The lowest BCUT2D eigenvalue weighted by molar-refractivity contribution is 0.228. The van der Waals surface area contributed by atoms with Gasteiger partial charge >= 0.3 is 0 Å². The Kier molecular flexibility index (Phi) is 5.53. The minimum absolute atomic E-state index is 0.180. The topological polar surface area (TPSA) is 12.0 Å². The Bertz CT molecular complexity index is 405. The average molecular weight is 281 g/mol. The Morgan fingerprint density at radius 1 is 1.15 bits per heavy atom. The second-order valence-corrected chi connectivity index (χ2v) is 6.09. The van der Waals surface area contributed by atoms with Crippen LogP contribution in [0.4, 0.5) is 8.78 Å². The van der Waals surface area contributed by atoms with E-state index in [2.05, 4.69) is 19.2 Å². The van der Waals surface area contributed by atoms with Crippen LogP contribution >= 0.6 is 0 Å². The lowest BCUT2D eigenvalue weighted by atomic mass is 9.77. The van der Waals surface area contributed by atoms with Crippen LogP contribution in [0.15, 0.2) is 18.2 Å². The maximum Gasteiger partial charge on any atom is 0.129 e. The van der Waals surface area contributed by atoms with Crippen LogP contribution in [-0.4, -0.2) is 12.6 Å². The highest BCUT2D eigenvalue weighted by Crippen LogP contribution is 2.32. The smallest absolute Gasteiger partial charge is 0.129 e. The lowest BCUT2D eigenvalue weighted by Gasteiger charge is -2.33. The first-order valence-electron chi connectivity index (χ1n) is 7.78. The summed E-state index contributed by atoms with van der Waals surface area (Å²) in [7, 11) is 0. The van der Waals surface area contributed by atoms with Gasteiger partial charge in [0.15, 0.2) is 0 Å². The van der Waals surface area contributed by atoms with Crippen LogP contribution in [0.2, 0.25) is 0 Å². The van der Waals surface area contributed by atoms with Gasteiger partial charge in [-0.2, -0.15) is 0 Å². The van der Waals surface area contributed by atoms with Crippen molar-refractivity contribution in [1.82, 2.24) is 5.32 Å². The van der Waals surface area contributed by atoms with E-state index in [0.29, 0.717) is 12.3 Å². The van der Waals surface area contributed by atoms with Crippen molar-refractivity contribution in [3.63, 3.8) is 0 Å². The van der Waals surface area contributed by atoms with Crippen molar-refractivity contribution < 1.29 is 8.78 Å². The molecule has 112 valence electrons. The number of hydrogen-bond acceptors (Lipinski definition) is 1. The fraction of sp³-hybridized carbons (Fsp3) is 0.647. The van der Waals surface area contributed by atoms with Gasteiger partial charge in [-0.25, -0.2) is 8.78 Å². The number of rotatable bonds is 5. The molecule has 1 aliphatic rings. The van der Waals surface area contributed by atoms with E-state index in [1.807, 2.05) is 0 Å². The van der Waals surface area contributed by atoms with Crippen molar-refractivity contribution in [3.05, 3.63) is 35.4 Å². The van der Waals surface area contributed by atoms with Gasteiger partial charge in [-0.3, -0.25) is 0 Å². The summed E-state index contributed by atoms with van der Waals surface area (Å²) in [5.41, 5.74) is 0.233. The number of benzene rings is 1. The summed E-state index contributed by atoms with van der Waals surface area (Å²) in [6.07, 6.45) is 5.23. The van der Waals surface area contributed by atoms with E-state index in [4.69, 9.17) is 0 Å². The normalized spacial score (nSPS) is 24.6. The molecule has 0 amide bonds. The zero-order chi connectivity index (χ0) is 14.5. The average Bonchev–Trinajstić information content (AvgIpc) is 2.43. The molecule has 1 unspecified atom stereocenters. The molecule has 0 radical (unpaired) electrons. The Morgan fingerprint density at radius 2 is 1.75 bits per heavy atom. The van der Waals surface area contributed by atoms with Gasteiger partial charge in [0, 0.05) is 11.6 Å². The third-order valence-corrected chi connectivity index (χ3v) is 4.58. The number of nitrogens with one attached hydrogen (secondary N) is 1. The Morgan fingerprint density at radius 3 is 2.30 bits per heavy atom. The van der Waals surface area contributed by atoms with Gasteiger partial charge in [0.05, 0.1) is 0 Å². The van der Waals surface area contributed by atoms with Gasteiger partial charge in [0.1, 0.15) is 11.6 Å². The minimum atomic E-state index is -0.419. The quantitative estimate of drug-likeness (QED) is 0.848. The van der Waals surface area contributed by atoms with Crippen molar-refractivity contribution in [2.75, 3.05) is 6.54 Å². The maximum atomic E-state index is 13.8. The molecule has 0 aliphatic heterocycles. The molecule has 2 rings (SSSR count). The van der Waals surface area contributed by atoms with Gasteiger partial charge in [0.25, 0.3) is 0 Å². The van der Waals surface area contributed by atoms with Gasteiger partial charge in [-0.1, -0.05) is 32.8 Å². The van der Waals surface area contributed by atoms with E-state index >= 15 is 0 Å². The fourth-order valence-corrected chi connectivity index (χ4v) is 3.30. The van der Waals surface area contributed by atoms with E-state index in [-0.39, 0.29) is 11.6 Å². The van der Waals surface area contributed by atoms with Gasteiger partial charge in [-0.15, -0.1) is 0 Å². The lowest BCUT2D eigenvalue weighted by Crippen LogP contribution is -2.40. The van der Waals surface area contributed by atoms with Crippen LogP contribution in [-0.2, 0) is 6.42 Å². The summed E-state index contributed by atoms with van der Waals surface area (Å²) in [4.78, 5) is 0. The van der Waals surface area contributed by atoms with E-state index in [0.717, 1.165) is 25.3 Å².